The molecule has 1 aromatic carbocycles. The Morgan fingerprint density at radius 2 is 1.97 bits per heavy atom. The standard InChI is InChI=1S/C20H19F2N3O4/c21-13-5-3-12(15(22)9-13)4-6-16(27)17-18(23)14-8-11(2-1-7-26)10-24-19(14)25(29)20(17)28/h3,5,8-10,26,29H,1-2,4,6-7,23H2. The van der Waals surface area contributed by atoms with Crippen LogP contribution in [0.1, 0.15) is 34.3 Å². The van der Waals surface area contributed by atoms with Gasteiger partial charge in [0, 0.05) is 30.7 Å². The molecular formula is C20H19F2N3O4. The highest BCUT2D eigenvalue weighted by molar-refractivity contribution is 6.06. The average molecular weight is 403 g/mol. The molecule has 152 valence electrons. The normalized spacial score (nSPS) is 11.1. The monoisotopic (exact) mass is 403 g/mol. The Morgan fingerprint density at radius 1 is 1.21 bits per heavy atom. The van der Waals surface area contributed by atoms with Crippen molar-refractivity contribution in [3.8, 4) is 0 Å². The third-order valence-corrected chi connectivity index (χ3v) is 4.63. The molecule has 0 amide bonds. The van der Waals surface area contributed by atoms with Crippen LogP contribution in [0.2, 0.25) is 0 Å². The lowest BCUT2D eigenvalue weighted by Gasteiger charge is -2.11. The van der Waals surface area contributed by atoms with Gasteiger partial charge in [0.25, 0.3) is 5.56 Å². The van der Waals surface area contributed by atoms with Crippen molar-refractivity contribution in [3.63, 3.8) is 0 Å². The van der Waals surface area contributed by atoms with Crippen molar-refractivity contribution in [2.45, 2.75) is 25.7 Å². The van der Waals surface area contributed by atoms with E-state index in [9.17, 15) is 23.6 Å². The molecule has 7 nitrogen and oxygen atoms in total. The topological polar surface area (TPSA) is 118 Å². The fourth-order valence-electron chi connectivity index (χ4n) is 3.11. The van der Waals surface area contributed by atoms with E-state index in [0.29, 0.717) is 24.5 Å². The second-order valence-electron chi connectivity index (χ2n) is 6.61. The van der Waals surface area contributed by atoms with Gasteiger partial charge in [0.1, 0.15) is 17.2 Å². The van der Waals surface area contributed by atoms with E-state index in [4.69, 9.17) is 10.8 Å². The molecule has 0 bridgehead atoms. The lowest BCUT2D eigenvalue weighted by molar-refractivity contribution is 0.0976. The SMILES string of the molecule is Nc1c(C(=O)CCc2ccc(F)cc2F)c(=O)n(O)c2ncc(CCCO)cc12. The summed E-state index contributed by atoms with van der Waals surface area (Å²) < 4.78 is 27.0. The van der Waals surface area contributed by atoms with Crippen molar-refractivity contribution in [2.24, 2.45) is 0 Å². The lowest BCUT2D eigenvalue weighted by atomic mass is 10.00. The molecule has 0 aliphatic carbocycles. The zero-order chi connectivity index (χ0) is 21.1. The first-order valence-electron chi connectivity index (χ1n) is 8.93. The largest absolute Gasteiger partial charge is 0.423 e. The summed E-state index contributed by atoms with van der Waals surface area (Å²) in [5.74, 6) is -2.20. The number of carbonyl (C=O) groups excluding carboxylic acids is 1. The molecule has 0 saturated heterocycles. The van der Waals surface area contributed by atoms with Crippen LogP contribution < -0.4 is 11.3 Å². The highest BCUT2D eigenvalue weighted by Gasteiger charge is 2.22. The van der Waals surface area contributed by atoms with Crippen molar-refractivity contribution in [3.05, 3.63) is 69.1 Å². The van der Waals surface area contributed by atoms with Gasteiger partial charge in [-0.1, -0.05) is 6.07 Å². The predicted octanol–water partition coefficient (Wildman–Crippen LogP) is 2.23. The summed E-state index contributed by atoms with van der Waals surface area (Å²) in [7, 11) is 0. The van der Waals surface area contributed by atoms with Gasteiger partial charge in [0.2, 0.25) is 0 Å². The van der Waals surface area contributed by atoms with Crippen LogP contribution in [0.5, 0.6) is 0 Å². The molecule has 2 heterocycles. The van der Waals surface area contributed by atoms with Gasteiger partial charge in [-0.05, 0) is 42.5 Å². The Bertz CT molecular complexity index is 1140. The van der Waals surface area contributed by atoms with Crippen LogP contribution in [0, 0.1) is 11.6 Å². The molecule has 29 heavy (non-hydrogen) atoms. The van der Waals surface area contributed by atoms with Crippen LogP contribution in [0.4, 0.5) is 14.5 Å². The summed E-state index contributed by atoms with van der Waals surface area (Å²) in [6.07, 6.45) is 2.10. The molecule has 9 heteroatoms. The summed E-state index contributed by atoms with van der Waals surface area (Å²) in [4.78, 5) is 29.1. The molecule has 0 unspecified atom stereocenters. The number of aliphatic hydroxyl groups excluding tert-OH is 1. The Morgan fingerprint density at radius 3 is 2.66 bits per heavy atom. The van der Waals surface area contributed by atoms with Gasteiger partial charge in [0.05, 0.1) is 5.69 Å². The van der Waals surface area contributed by atoms with Crippen molar-refractivity contribution in [2.75, 3.05) is 12.3 Å². The van der Waals surface area contributed by atoms with E-state index in [2.05, 4.69) is 4.98 Å². The number of pyridine rings is 2. The second kappa shape index (κ2) is 8.36. The van der Waals surface area contributed by atoms with Crippen molar-refractivity contribution in [1.29, 1.82) is 0 Å². The van der Waals surface area contributed by atoms with Gasteiger partial charge >= 0.3 is 0 Å². The molecular weight excluding hydrogens is 384 g/mol. The molecule has 3 rings (SSSR count). The average Bonchev–Trinajstić information content (AvgIpc) is 2.70. The summed E-state index contributed by atoms with van der Waals surface area (Å²) >= 11 is 0. The number of anilines is 1. The number of ketones is 1. The number of rotatable bonds is 7. The number of hydrogen-bond donors (Lipinski definition) is 3. The van der Waals surface area contributed by atoms with Gasteiger partial charge in [-0.2, -0.15) is 0 Å². The van der Waals surface area contributed by atoms with Gasteiger partial charge in [-0.25, -0.2) is 13.8 Å². The van der Waals surface area contributed by atoms with Gasteiger partial charge in [0.15, 0.2) is 11.4 Å². The summed E-state index contributed by atoms with van der Waals surface area (Å²) in [6.45, 7) is -0.0172. The number of hydrogen-bond acceptors (Lipinski definition) is 6. The number of carbonyl (C=O) groups is 1. The van der Waals surface area contributed by atoms with Crippen molar-refractivity contribution < 1.29 is 23.9 Å². The maximum absolute atomic E-state index is 13.8. The number of aliphatic hydroxyl groups is 1. The number of nitrogens with zero attached hydrogens (tertiary/aromatic N) is 2. The quantitative estimate of drug-likeness (QED) is 0.411. The maximum Gasteiger partial charge on any atom is 0.297 e. The molecule has 3 aromatic rings. The minimum Gasteiger partial charge on any atom is -0.423 e. The minimum absolute atomic E-state index is 0.0172. The van der Waals surface area contributed by atoms with E-state index in [1.54, 1.807) is 6.07 Å². The lowest BCUT2D eigenvalue weighted by Crippen LogP contribution is -2.28. The zero-order valence-electron chi connectivity index (χ0n) is 15.4. The molecule has 0 radical (unpaired) electrons. The molecule has 0 aliphatic heterocycles. The highest BCUT2D eigenvalue weighted by Crippen LogP contribution is 2.24. The summed E-state index contributed by atoms with van der Waals surface area (Å²) in [5.41, 5.74) is 5.23. The van der Waals surface area contributed by atoms with E-state index in [0.717, 1.165) is 6.07 Å². The number of nitrogen functional groups attached to an aromatic ring is 1. The minimum atomic E-state index is -1.02. The van der Waals surface area contributed by atoms with Crippen molar-refractivity contribution in [1.82, 2.24) is 9.71 Å². The van der Waals surface area contributed by atoms with Crippen LogP contribution in [-0.4, -0.2) is 32.4 Å². The summed E-state index contributed by atoms with van der Waals surface area (Å²) in [5, 5.41) is 19.3. The van der Waals surface area contributed by atoms with Crippen LogP contribution >= 0.6 is 0 Å². The van der Waals surface area contributed by atoms with Crippen LogP contribution in [0.15, 0.2) is 35.3 Å². The Labute approximate surface area is 164 Å². The first-order chi connectivity index (χ1) is 13.8. The van der Waals surface area contributed by atoms with Crippen LogP contribution in [-0.2, 0) is 12.8 Å². The van der Waals surface area contributed by atoms with Crippen molar-refractivity contribution >= 4 is 22.5 Å². The molecule has 0 atom stereocenters. The predicted molar refractivity (Wildman–Crippen MR) is 102 cm³/mol. The third-order valence-electron chi connectivity index (χ3n) is 4.63. The maximum atomic E-state index is 13.8. The molecule has 0 aliphatic rings. The molecule has 4 N–H and O–H groups in total. The zero-order valence-corrected chi connectivity index (χ0v) is 15.4. The molecule has 0 spiro atoms. The highest BCUT2D eigenvalue weighted by atomic mass is 19.1. The summed E-state index contributed by atoms with van der Waals surface area (Å²) in [6, 6.07) is 4.61. The molecule has 0 saturated carbocycles. The van der Waals surface area contributed by atoms with Gasteiger partial charge in [-0.15, -0.1) is 4.73 Å². The van der Waals surface area contributed by atoms with E-state index in [1.165, 1.54) is 12.3 Å². The number of aryl methyl sites for hydroxylation is 2. The number of halogens is 2. The van der Waals surface area contributed by atoms with Gasteiger partial charge in [-0.3, -0.25) is 9.59 Å². The van der Waals surface area contributed by atoms with E-state index in [1.807, 2.05) is 0 Å². The number of benzene rings is 1. The van der Waals surface area contributed by atoms with E-state index in [-0.39, 0.29) is 46.5 Å². The fourth-order valence-corrected chi connectivity index (χ4v) is 3.11. The first kappa shape index (κ1) is 20.4. The van der Waals surface area contributed by atoms with Crippen LogP contribution in [0.3, 0.4) is 0 Å². The molecule has 0 fully saturated rings. The Balaban J connectivity index is 1.96. The van der Waals surface area contributed by atoms with E-state index >= 15 is 0 Å². The Hall–Kier alpha value is -3.33. The Kier molecular flexibility index (Phi) is 5.88. The van der Waals surface area contributed by atoms with Gasteiger partial charge < -0.3 is 16.0 Å². The smallest absolute Gasteiger partial charge is 0.297 e. The van der Waals surface area contributed by atoms with Crippen LogP contribution in [0.25, 0.3) is 11.0 Å². The first-order valence-corrected chi connectivity index (χ1v) is 8.93. The fraction of sp³-hybridized carbons (Fsp3) is 0.250. The van der Waals surface area contributed by atoms with E-state index < -0.39 is 28.5 Å². The number of nitrogens with two attached hydrogens (primary N) is 1. The third kappa shape index (κ3) is 4.09. The number of aromatic nitrogens is 2. The molecule has 2 aromatic heterocycles. The second-order valence-corrected chi connectivity index (χ2v) is 6.61. The number of fused-ring (bicyclic) bond motifs is 1. The number of Topliss-reactive ketones (excluding diaryl/α,β-unsaturated/α-hetero) is 1.